The Morgan fingerprint density at radius 1 is 1.00 bits per heavy atom. The first-order chi connectivity index (χ1) is 6.95. The zero-order valence-corrected chi connectivity index (χ0v) is 9.65. The van der Waals surface area contributed by atoms with Crippen LogP contribution in [0.25, 0.3) is 6.08 Å². The van der Waals surface area contributed by atoms with Gasteiger partial charge in [0.2, 0.25) is 0 Å². The summed E-state index contributed by atoms with van der Waals surface area (Å²) in [4.78, 5) is 1.14. The molecule has 1 atom stereocenters. The topological polar surface area (TPSA) is 104 Å². The summed E-state index contributed by atoms with van der Waals surface area (Å²) in [6.07, 6.45) is 1.75. The fourth-order valence-corrected chi connectivity index (χ4v) is 2.32. The summed E-state index contributed by atoms with van der Waals surface area (Å²) in [5.74, 6) is 0. The van der Waals surface area contributed by atoms with Crippen LogP contribution in [0.15, 0.2) is 15.5 Å². The fraction of sp³-hybridized carbons (Fsp3) is 0.111. The first kappa shape index (κ1) is 10.5. The van der Waals surface area contributed by atoms with Gasteiger partial charge in [-0.25, -0.2) is 0 Å². The number of rotatable bonds is 0. The summed E-state index contributed by atoms with van der Waals surface area (Å²) < 4.78 is 0. The molecular weight excluding hydrogens is 228 g/mol. The molecule has 0 bridgehead atoms. The van der Waals surface area contributed by atoms with E-state index in [0.29, 0.717) is 26.9 Å². The second-order valence-electron chi connectivity index (χ2n) is 3.47. The van der Waals surface area contributed by atoms with E-state index >= 15 is 0 Å². The van der Waals surface area contributed by atoms with Crippen molar-refractivity contribution in [2.45, 2.75) is 15.8 Å². The highest BCUT2D eigenvalue weighted by Gasteiger charge is 2.27. The van der Waals surface area contributed by atoms with E-state index < -0.39 is 6.04 Å². The standard InChI is InChI=1S/C9H12N4S2/c10-3-1-2-4(5(3)11)6(12)9(15)7(13)8(2)14/h1,5,14-15H,10-13H2. The molecule has 0 amide bonds. The van der Waals surface area contributed by atoms with Crippen LogP contribution in [0.4, 0.5) is 11.4 Å². The number of thiol groups is 2. The van der Waals surface area contributed by atoms with E-state index in [9.17, 15) is 0 Å². The third kappa shape index (κ3) is 1.29. The van der Waals surface area contributed by atoms with E-state index in [1.54, 1.807) is 6.08 Å². The summed E-state index contributed by atoms with van der Waals surface area (Å²) >= 11 is 8.55. The number of benzene rings is 1. The highest BCUT2D eigenvalue weighted by atomic mass is 32.1. The van der Waals surface area contributed by atoms with Crippen LogP contribution in [0, 0.1) is 0 Å². The van der Waals surface area contributed by atoms with E-state index in [2.05, 4.69) is 25.3 Å². The molecule has 6 heteroatoms. The van der Waals surface area contributed by atoms with Crippen molar-refractivity contribution in [1.29, 1.82) is 0 Å². The van der Waals surface area contributed by atoms with Crippen molar-refractivity contribution in [3.05, 3.63) is 16.8 Å². The quantitative estimate of drug-likeness (QED) is 0.297. The number of nitrogens with two attached hydrogens (primary N) is 4. The van der Waals surface area contributed by atoms with Crippen LogP contribution < -0.4 is 22.9 Å². The van der Waals surface area contributed by atoms with E-state index in [1.165, 1.54) is 0 Å². The van der Waals surface area contributed by atoms with Crippen LogP contribution in [-0.4, -0.2) is 0 Å². The van der Waals surface area contributed by atoms with Crippen LogP contribution >= 0.6 is 25.3 Å². The van der Waals surface area contributed by atoms with Crippen molar-refractivity contribution in [2.75, 3.05) is 11.5 Å². The normalized spacial score (nSPS) is 18.9. The van der Waals surface area contributed by atoms with Crippen LogP contribution in [0.3, 0.4) is 0 Å². The Morgan fingerprint density at radius 3 is 2.20 bits per heavy atom. The summed E-state index contributed by atoms with van der Waals surface area (Å²) in [6, 6.07) is -0.391. The zero-order chi connectivity index (χ0) is 11.3. The number of hydrogen-bond donors (Lipinski definition) is 6. The predicted octanol–water partition coefficient (Wildman–Crippen LogP) is 0.741. The van der Waals surface area contributed by atoms with Crippen LogP contribution in [0.5, 0.6) is 0 Å². The van der Waals surface area contributed by atoms with Gasteiger partial charge in [-0.1, -0.05) is 0 Å². The van der Waals surface area contributed by atoms with Gasteiger partial charge < -0.3 is 22.9 Å². The molecule has 0 saturated heterocycles. The summed E-state index contributed by atoms with van der Waals surface area (Å²) in [5, 5.41) is 0. The van der Waals surface area contributed by atoms with Gasteiger partial charge in [0, 0.05) is 16.2 Å². The number of hydrogen-bond acceptors (Lipinski definition) is 6. The minimum absolute atomic E-state index is 0.391. The average Bonchev–Trinajstić information content (AvgIpc) is 2.50. The molecule has 1 aromatic carbocycles. The third-order valence-corrected chi connectivity index (χ3v) is 3.55. The molecule has 8 N–H and O–H groups in total. The minimum Gasteiger partial charge on any atom is -0.400 e. The molecule has 1 unspecified atom stereocenters. The Labute approximate surface area is 98.5 Å². The maximum absolute atomic E-state index is 5.90. The lowest BCUT2D eigenvalue weighted by molar-refractivity contribution is 0.855. The molecule has 1 aromatic rings. The molecule has 1 aliphatic rings. The Balaban J connectivity index is 2.82. The van der Waals surface area contributed by atoms with Crippen molar-refractivity contribution >= 4 is 42.7 Å². The Hall–Kier alpha value is -0.980. The first-order valence-corrected chi connectivity index (χ1v) is 5.20. The number of nitrogen functional groups attached to an aromatic ring is 2. The van der Waals surface area contributed by atoms with Crippen molar-refractivity contribution in [3.8, 4) is 0 Å². The SMILES string of the molecule is NC1=Cc2c(S)c(N)c(S)c(N)c2C1N. The molecule has 0 aliphatic heterocycles. The molecule has 1 aliphatic carbocycles. The molecule has 0 spiro atoms. The fourth-order valence-electron chi connectivity index (χ4n) is 1.71. The van der Waals surface area contributed by atoms with Crippen LogP contribution in [0.2, 0.25) is 0 Å². The molecule has 0 radical (unpaired) electrons. The number of fused-ring (bicyclic) bond motifs is 1. The molecule has 0 saturated carbocycles. The molecule has 4 nitrogen and oxygen atoms in total. The smallest absolute Gasteiger partial charge is 0.0725 e. The van der Waals surface area contributed by atoms with E-state index in [4.69, 9.17) is 22.9 Å². The van der Waals surface area contributed by atoms with E-state index in [1.807, 2.05) is 0 Å². The molecule has 80 valence electrons. The van der Waals surface area contributed by atoms with Gasteiger partial charge in [0.15, 0.2) is 0 Å². The predicted molar refractivity (Wildman–Crippen MR) is 68.9 cm³/mol. The van der Waals surface area contributed by atoms with Gasteiger partial charge in [0.25, 0.3) is 0 Å². The van der Waals surface area contributed by atoms with Crippen molar-refractivity contribution in [2.24, 2.45) is 11.5 Å². The molecular formula is C9H12N4S2. The lowest BCUT2D eigenvalue weighted by atomic mass is 10.0. The minimum atomic E-state index is -0.391. The van der Waals surface area contributed by atoms with E-state index in [0.717, 1.165) is 11.1 Å². The van der Waals surface area contributed by atoms with Gasteiger partial charge in [-0.05, 0) is 11.6 Å². The van der Waals surface area contributed by atoms with Crippen LogP contribution in [-0.2, 0) is 0 Å². The average molecular weight is 240 g/mol. The van der Waals surface area contributed by atoms with Gasteiger partial charge in [-0.2, -0.15) is 0 Å². The Morgan fingerprint density at radius 2 is 1.60 bits per heavy atom. The van der Waals surface area contributed by atoms with Crippen molar-refractivity contribution in [1.82, 2.24) is 0 Å². The first-order valence-electron chi connectivity index (χ1n) is 4.30. The van der Waals surface area contributed by atoms with Gasteiger partial charge in [-0.3, -0.25) is 0 Å². The zero-order valence-electron chi connectivity index (χ0n) is 7.86. The summed E-state index contributed by atoms with van der Waals surface area (Å²) in [5.41, 5.74) is 26.4. The molecule has 15 heavy (non-hydrogen) atoms. The van der Waals surface area contributed by atoms with Crippen LogP contribution in [0.1, 0.15) is 17.2 Å². The lowest BCUT2D eigenvalue weighted by Crippen LogP contribution is -2.17. The van der Waals surface area contributed by atoms with E-state index in [-0.39, 0.29) is 0 Å². The third-order valence-electron chi connectivity index (χ3n) is 2.58. The maximum atomic E-state index is 5.90. The summed E-state index contributed by atoms with van der Waals surface area (Å²) in [6.45, 7) is 0. The highest BCUT2D eigenvalue weighted by molar-refractivity contribution is 7.81. The molecule has 0 aromatic heterocycles. The van der Waals surface area contributed by atoms with Gasteiger partial charge >= 0.3 is 0 Å². The second kappa shape index (κ2) is 3.26. The number of anilines is 2. The summed E-state index contributed by atoms with van der Waals surface area (Å²) in [7, 11) is 0. The molecule has 2 rings (SSSR count). The Bertz CT molecular complexity index is 482. The lowest BCUT2D eigenvalue weighted by Gasteiger charge is -2.16. The van der Waals surface area contributed by atoms with Crippen molar-refractivity contribution in [3.63, 3.8) is 0 Å². The van der Waals surface area contributed by atoms with Gasteiger partial charge in [0.05, 0.1) is 22.3 Å². The maximum Gasteiger partial charge on any atom is 0.0725 e. The monoisotopic (exact) mass is 240 g/mol. The Kier molecular flexibility index (Phi) is 2.29. The molecule has 0 fully saturated rings. The van der Waals surface area contributed by atoms with Crippen molar-refractivity contribution < 1.29 is 0 Å². The van der Waals surface area contributed by atoms with Gasteiger partial charge in [-0.15, -0.1) is 25.3 Å². The van der Waals surface area contributed by atoms with Gasteiger partial charge in [0.1, 0.15) is 0 Å². The largest absolute Gasteiger partial charge is 0.400 e. The molecule has 0 heterocycles. The second-order valence-corrected chi connectivity index (χ2v) is 4.37. The highest BCUT2D eigenvalue weighted by Crippen LogP contribution is 2.44.